The van der Waals surface area contributed by atoms with E-state index in [0.29, 0.717) is 20.6 Å². The number of carbonyl (C=O) groups excluding carboxylic acids is 1. The van der Waals surface area contributed by atoms with Crippen LogP contribution in [0, 0.1) is 0 Å². The van der Waals surface area contributed by atoms with Crippen LogP contribution >= 0.6 is 27.5 Å². The highest BCUT2D eigenvalue weighted by atomic mass is 79.9. The average Bonchev–Trinajstić information content (AvgIpc) is 2.37. The number of benzene rings is 2. The van der Waals surface area contributed by atoms with E-state index in [9.17, 15) is 18.0 Å². The molecule has 6 heteroatoms. The highest BCUT2D eigenvalue weighted by Gasteiger charge is 2.30. The van der Waals surface area contributed by atoms with Crippen molar-refractivity contribution in [2.24, 2.45) is 0 Å². The zero-order valence-corrected chi connectivity index (χ0v) is 12.9. The van der Waals surface area contributed by atoms with Crippen LogP contribution in [0.2, 0.25) is 5.02 Å². The van der Waals surface area contributed by atoms with E-state index in [2.05, 4.69) is 15.9 Å². The summed E-state index contributed by atoms with van der Waals surface area (Å²) in [5, 5.41) is 0.470. The number of Topliss-reactive ketones (excluding diaryl/α,β-unsaturated/α-hetero) is 1. The van der Waals surface area contributed by atoms with E-state index in [1.165, 1.54) is 12.1 Å². The summed E-state index contributed by atoms with van der Waals surface area (Å²) < 4.78 is 38.4. The van der Waals surface area contributed by atoms with Gasteiger partial charge in [0.25, 0.3) is 0 Å². The molecule has 0 bridgehead atoms. The molecule has 0 saturated heterocycles. The largest absolute Gasteiger partial charge is 0.416 e. The van der Waals surface area contributed by atoms with Gasteiger partial charge in [-0.05, 0) is 45.8 Å². The molecule has 0 fully saturated rings. The Kier molecular flexibility index (Phi) is 4.74. The lowest BCUT2D eigenvalue weighted by Crippen LogP contribution is -2.08. The van der Waals surface area contributed by atoms with Crippen molar-refractivity contribution in [3.05, 3.63) is 68.7 Å². The van der Waals surface area contributed by atoms with Gasteiger partial charge in [0.15, 0.2) is 5.78 Å². The molecule has 0 heterocycles. The summed E-state index contributed by atoms with van der Waals surface area (Å²) in [5.74, 6) is -0.280. The topological polar surface area (TPSA) is 17.1 Å². The highest BCUT2D eigenvalue weighted by molar-refractivity contribution is 9.10. The standard InChI is InChI=1S/C15H9BrClF3O/c16-13-8-11(17)4-5-12(13)14(21)7-9-2-1-3-10(6-9)15(18,19)20/h1-6,8H,7H2. The minimum atomic E-state index is -4.42. The van der Waals surface area contributed by atoms with Crippen LogP contribution in [0.3, 0.4) is 0 Å². The first kappa shape index (κ1) is 16.0. The molecule has 2 aromatic carbocycles. The SMILES string of the molecule is O=C(Cc1cccc(C(F)(F)F)c1)c1ccc(Cl)cc1Br. The molecule has 0 aliphatic rings. The second-order valence-electron chi connectivity index (χ2n) is 4.42. The molecule has 0 radical (unpaired) electrons. The van der Waals surface area contributed by atoms with E-state index >= 15 is 0 Å². The second-order valence-corrected chi connectivity index (χ2v) is 5.71. The number of halogens is 5. The molecule has 0 amide bonds. The van der Waals surface area contributed by atoms with Gasteiger partial charge < -0.3 is 0 Å². The van der Waals surface area contributed by atoms with Crippen molar-refractivity contribution in [1.29, 1.82) is 0 Å². The molecule has 0 saturated carbocycles. The molecule has 0 aliphatic heterocycles. The minimum absolute atomic E-state index is 0.107. The second kappa shape index (κ2) is 6.20. The average molecular weight is 378 g/mol. The fraction of sp³-hybridized carbons (Fsp3) is 0.133. The molecule has 0 atom stereocenters. The maximum atomic E-state index is 12.6. The molecule has 21 heavy (non-hydrogen) atoms. The number of hydrogen-bond acceptors (Lipinski definition) is 1. The number of rotatable bonds is 3. The van der Waals surface area contributed by atoms with Gasteiger partial charge in [-0.3, -0.25) is 4.79 Å². The van der Waals surface area contributed by atoms with Crippen LogP contribution in [-0.2, 0) is 12.6 Å². The van der Waals surface area contributed by atoms with E-state index in [4.69, 9.17) is 11.6 Å². The Bertz CT molecular complexity index is 683. The van der Waals surface area contributed by atoms with Gasteiger partial charge in [-0.25, -0.2) is 0 Å². The van der Waals surface area contributed by atoms with E-state index in [1.54, 1.807) is 18.2 Å². The van der Waals surface area contributed by atoms with Crippen molar-refractivity contribution in [2.45, 2.75) is 12.6 Å². The minimum Gasteiger partial charge on any atom is -0.294 e. The van der Waals surface area contributed by atoms with Gasteiger partial charge in [0.1, 0.15) is 0 Å². The van der Waals surface area contributed by atoms with Crippen molar-refractivity contribution in [3.8, 4) is 0 Å². The van der Waals surface area contributed by atoms with Crippen molar-refractivity contribution in [2.75, 3.05) is 0 Å². The fourth-order valence-electron chi connectivity index (χ4n) is 1.85. The first-order chi connectivity index (χ1) is 9.77. The summed E-state index contributed by atoms with van der Waals surface area (Å²) in [6.45, 7) is 0. The molecule has 0 N–H and O–H groups in total. The summed E-state index contributed by atoms with van der Waals surface area (Å²) >= 11 is 9.01. The third-order valence-corrected chi connectivity index (χ3v) is 3.74. The first-order valence-corrected chi connectivity index (χ1v) is 7.09. The molecule has 2 rings (SSSR count). The maximum Gasteiger partial charge on any atom is 0.416 e. The lowest BCUT2D eigenvalue weighted by molar-refractivity contribution is -0.137. The lowest BCUT2D eigenvalue weighted by Gasteiger charge is -2.09. The van der Waals surface area contributed by atoms with E-state index < -0.39 is 11.7 Å². The Morgan fingerprint density at radius 1 is 1.14 bits per heavy atom. The number of ketones is 1. The van der Waals surface area contributed by atoms with Crippen molar-refractivity contribution in [1.82, 2.24) is 0 Å². The van der Waals surface area contributed by atoms with Gasteiger partial charge in [-0.2, -0.15) is 13.2 Å². The predicted molar refractivity (Wildman–Crippen MR) is 78.6 cm³/mol. The Morgan fingerprint density at radius 3 is 2.48 bits per heavy atom. The van der Waals surface area contributed by atoms with Crippen LogP contribution in [-0.4, -0.2) is 5.78 Å². The van der Waals surface area contributed by atoms with Gasteiger partial charge >= 0.3 is 6.18 Å². The monoisotopic (exact) mass is 376 g/mol. The van der Waals surface area contributed by atoms with Crippen molar-refractivity contribution in [3.63, 3.8) is 0 Å². The van der Waals surface area contributed by atoms with Crippen LogP contribution in [0.5, 0.6) is 0 Å². The smallest absolute Gasteiger partial charge is 0.294 e. The lowest BCUT2D eigenvalue weighted by atomic mass is 10.0. The number of alkyl halides is 3. The fourth-order valence-corrected chi connectivity index (χ4v) is 2.76. The Labute approximate surface area is 132 Å². The van der Waals surface area contributed by atoms with Gasteiger partial charge in [0, 0.05) is 21.5 Å². The molecular formula is C15H9BrClF3O. The Balaban J connectivity index is 2.24. The molecule has 110 valence electrons. The first-order valence-electron chi connectivity index (χ1n) is 5.92. The Hall–Kier alpha value is -1.33. The van der Waals surface area contributed by atoms with Gasteiger partial charge in [0.2, 0.25) is 0 Å². The molecule has 0 aromatic heterocycles. The van der Waals surface area contributed by atoms with Crippen molar-refractivity contribution < 1.29 is 18.0 Å². The van der Waals surface area contributed by atoms with E-state index in [-0.39, 0.29) is 12.2 Å². The maximum absolute atomic E-state index is 12.6. The third-order valence-electron chi connectivity index (χ3n) is 2.85. The highest BCUT2D eigenvalue weighted by Crippen LogP contribution is 2.30. The molecular weight excluding hydrogens is 369 g/mol. The molecule has 2 aromatic rings. The molecule has 0 aliphatic carbocycles. The summed E-state index contributed by atoms with van der Waals surface area (Å²) in [6, 6.07) is 9.43. The summed E-state index contributed by atoms with van der Waals surface area (Å²) in [4.78, 5) is 12.2. The summed E-state index contributed by atoms with van der Waals surface area (Å²) in [5.41, 5.74) is -0.0588. The van der Waals surface area contributed by atoms with Crippen LogP contribution in [0.25, 0.3) is 0 Å². The summed E-state index contributed by atoms with van der Waals surface area (Å²) in [6.07, 6.45) is -4.52. The summed E-state index contributed by atoms with van der Waals surface area (Å²) in [7, 11) is 0. The van der Waals surface area contributed by atoms with Crippen molar-refractivity contribution >= 4 is 33.3 Å². The zero-order valence-electron chi connectivity index (χ0n) is 10.5. The molecule has 0 spiro atoms. The Morgan fingerprint density at radius 2 is 1.86 bits per heavy atom. The van der Waals surface area contributed by atoms with Crippen LogP contribution < -0.4 is 0 Å². The molecule has 0 unspecified atom stereocenters. The van der Waals surface area contributed by atoms with Crippen LogP contribution in [0.4, 0.5) is 13.2 Å². The predicted octanol–water partition coefficient (Wildman–Crippen LogP) is 5.55. The third kappa shape index (κ3) is 4.08. The number of hydrogen-bond donors (Lipinski definition) is 0. The quantitative estimate of drug-likeness (QED) is 0.641. The van der Waals surface area contributed by atoms with Crippen LogP contribution in [0.1, 0.15) is 21.5 Å². The van der Waals surface area contributed by atoms with Gasteiger partial charge in [-0.1, -0.05) is 29.8 Å². The molecule has 1 nitrogen and oxygen atoms in total. The van der Waals surface area contributed by atoms with E-state index in [0.717, 1.165) is 12.1 Å². The van der Waals surface area contributed by atoms with Gasteiger partial charge in [0.05, 0.1) is 5.56 Å². The van der Waals surface area contributed by atoms with E-state index in [1.807, 2.05) is 0 Å². The van der Waals surface area contributed by atoms with Gasteiger partial charge in [-0.15, -0.1) is 0 Å². The van der Waals surface area contributed by atoms with Crippen LogP contribution in [0.15, 0.2) is 46.9 Å². The normalized spacial score (nSPS) is 11.5. The number of carbonyl (C=O) groups is 1. The zero-order chi connectivity index (χ0) is 15.6.